The summed E-state index contributed by atoms with van der Waals surface area (Å²) >= 11 is 7.60. The molecule has 0 aliphatic heterocycles. The number of anilines is 1. The third kappa shape index (κ3) is 5.80. The van der Waals surface area contributed by atoms with Crippen molar-refractivity contribution in [2.24, 2.45) is 0 Å². The second-order valence-electron chi connectivity index (χ2n) is 5.72. The van der Waals surface area contributed by atoms with Gasteiger partial charge >= 0.3 is 5.97 Å². The zero-order valence-electron chi connectivity index (χ0n) is 14.4. The van der Waals surface area contributed by atoms with Crippen molar-refractivity contribution in [3.63, 3.8) is 0 Å². The average molecular weight is 378 g/mol. The van der Waals surface area contributed by atoms with E-state index < -0.39 is 5.97 Å². The molecule has 4 nitrogen and oxygen atoms in total. The largest absolute Gasteiger partial charge is 0.465 e. The van der Waals surface area contributed by atoms with Gasteiger partial charge in [-0.1, -0.05) is 40.9 Å². The molecule has 2 aromatic carbocycles. The molecule has 0 heterocycles. The monoisotopic (exact) mass is 377 g/mol. The number of esters is 1. The van der Waals surface area contributed by atoms with Crippen molar-refractivity contribution in [2.75, 3.05) is 18.2 Å². The number of nitrogens with one attached hydrogen (secondary N) is 1. The number of carbonyl (C=O) groups is 2. The number of ether oxygens (including phenoxy) is 1. The Labute approximate surface area is 156 Å². The molecule has 0 saturated heterocycles. The summed E-state index contributed by atoms with van der Waals surface area (Å²) in [6.07, 6.45) is 0. The minimum atomic E-state index is -0.476. The molecule has 0 aliphatic rings. The lowest BCUT2D eigenvalue weighted by atomic mass is 10.1. The Hall–Kier alpha value is -1.98. The Morgan fingerprint density at radius 1 is 1.12 bits per heavy atom. The van der Waals surface area contributed by atoms with Gasteiger partial charge in [0, 0.05) is 5.75 Å². The first-order valence-corrected chi connectivity index (χ1v) is 9.25. The molecule has 6 heteroatoms. The molecular weight excluding hydrogens is 358 g/mol. The third-order valence-corrected chi connectivity index (χ3v) is 4.78. The van der Waals surface area contributed by atoms with Crippen LogP contribution in [0.5, 0.6) is 0 Å². The summed E-state index contributed by atoms with van der Waals surface area (Å²) in [4.78, 5) is 23.7. The molecule has 0 unspecified atom stereocenters. The normalized spacial score (nSPS) is 10.4. The quantitative estimate of drug-likeness (QED) is 0.746. The molecule has 2 aromatic rings. The lowest BCUT2D eigenvalue weighted by Gasteiger charge is -2.09. The van der Waals surface area contributed by atoms with Crippen LogP contribution < -0.4 is 5.32 Å². The fourth-order valence-electron chi connectivity index (χ4n) is 2.47. The van der Waals surface area contributed by atoms with E-state index in [1.54, 1.807) is 12.1 Å². The summed E-state index contributed by atoms with van der Waals surface area (Å²) in [5, 5.41) is 3.11. The van der Waals surface area contributed by atoms with E-state index in [1.807, 2.05) is 0 Å². The standard InChI is InChI=1S/C19H20ClNO3S/c1-12-6-13(2)8-14(7-12)10-25-11-18(22)21-17-9-15(19(23)24-3)4-5-16(17)20/h4-9H,10-11H2,1-3H3,(H,21,22). The zero-order valence-corrected chi connectivity index (χ0v) is 16.0. The maximum Gasteiger partial charge on any atom is 0.337 e. The number of hydrogen-bond donors (Lipinski definition) is 1. The number of halogens is 1. The number of thioether (sulfide) groups is 1. The fraction of sp³-hybridized carbons (Fsp3) is 0.263. The SMILES string of the molecule is COC(=O)c1ccc(Cl)c(NC(=O)CSCc2cc(C)cc(C)c2)c1. The molecular formula is C19H20ClNO3S. The summed E-state index contributed by atoms with van der Waals surface area (Å²) in [5.74, 6) is 0.409. The maximum absolute atomic E-state index is 12.1. The number of aryl methyl sites for hydroxylation is 2. The number of rotatable bonds is 6. The minimum Gasteiger partial charge on any atom is -0.465 e. The van der Waals surface area contributed by atoms with Crippen LogP contribution in [0.25, 0.3) is 0 Å². The van der Waals surface area contributed by atoms with Crippen molar-refractivity contribution in [2.45, 2.75) is 19.6 Å². The summed E-state index contributed by atoms with van der Waals surface area (Å²) in [6.45, 7) is 4.12. The average Bonchev–Trinajstić information content (AvgIpc) is 2.55. The van der Waals surface area contributed by atoms with E-state index in [9.17, 15) is 9.59 Å². The van der Waals surface area contributed by atoms with Crippen LogP contribution in [-0.4, -0.2) is 24.7 Å². The molecule has 2 rings (SSSR count). The van der Waals surface area contributed by atoms with Crippen molar-refractivity contribution in [3.05, 3.63) is 63.7 Å². The van der Waals surface area contributed by atoms with Crippen molar-refractivity contribution in [1.29, 1.82) is 0 Å². The minimum absolute atomic E-state index is 0.168. The predicted molar refractivity (Wildman–Crippen MR) is 103 cm³/mol. The molecule has 0 radical (unpaired) electrons. The third-order valence-electron chi connectivity index (χ3n) is 3.44. The van der Waals surface area contributed by atoms with Crippen LogP contribution in [0.1, 0.15) is 27.0 Å². The number of hydrogen-bond acceptors (Lipinski definition) is 4. The summed E-state index contributed by atoms with van der Waals surface area (Å²) in [6, 6.07) is 11.0. The predicted octanol–water partition coefficient (Wildman–Crippen LogP) is 4.62. The number of carbonyl (C=O) groups excluding carboxylic acids is 2. The molecule has 1 N–H and O–H groups in total. The van der Waals surface area contributed by atoms with Crippen LogP contribution in [0.3, 0.4) is 0 Å². The van der Waals surface area contributed by atoms with Gasteiger partial charge in [-0.15, -0.1) is 11.8 Å². The lowest BCUT2D eigenvalue weighted by Crippen LogP contribution is -2.15. The highest BCUT2D eigenvalue weighted by Gasteiger charge is 2.11. The smallest absolute Gasteiger partial charge is 0.337 e. The van der Waals surface area contributed by atoms with E-state index in [2.05, 4.69) is 42.1 Å². The first-order chi connectivity index (χ1) is 11.9. The fourth-order valence-corrected chi connectivity index (χ4v) is 3.39. The molecule has 1 amide bonds. The van der Waals surface area contributed by atoms with E-state index in [-0.39, 0.29) is 5.91 Å². The van der Waals surface area contributed by atoms with Gasteiger partial charge in [0.15, 0.2) is 0 Å². The van der Waals surface area contributed by atoms with Crippen molar-refractivity contribution < 1.29 is 14.3 Å². The summed E-state index contributed by atoms with van der Waals surface area (Å²) in [5.41, 5.74) is 4.37. The van der Waals surface area contributed by atoms with E-state index in [4.69, 9.17) is 11.6 Å². The topological polar surface area (TPSA) is 55.4 Å². The molecule has 0 bridgehead atoms. The van der Waals surface area contributed by atoms with Gasteiger partial charge in [0.05, 0.1) is 29.1 Å². The van der Waals surface area contributed by atoms with Crippen molar-refractivity contribution >= 4 is 40.9 Å². The van der Waals surface area contributed by atoms with Gasteiger partial charge in [-0.2, -0.15) is 0 Å². The van der Waals surface area contributed by atoms with Gasteiger partial charge in [0.25, 0.3) is 0 Å². The Morgan fingerprint density at radius 3 is 2.44 bits per heavy atom. The van der Waals surface area contributed by atoms with E-state index in [0.717, 1.165) is 5.75 Å². The molecule has 0 atom stereocenters. The highest BCUT2D eigenvalue weighted by molar-refractivity contribution is 7.99. The van der Waals surface area contributed by atoms with Crippen molar-refractivity contribution in [3.8, 4) is 0 Å². The summed E-state index contributed by atoms with van der Waals surface area (Å²) < 4.78 is 4.67. The van der Waals surface area contributed by atoms with Crippen molar-refractivity contribution in [1.82, 2.24) is 0 Å². The molecule has 25 heavy (non-hydrogen) atoms. The number of benzene rings is 2. The van der Waals surface area contributed by atoms with E-state index in [1.165, 1.54) is 41.6 Å². The van der Waals surface area contributed by atoms with E-state index >= 15 is 0 Å². The van der Waals surface area contributed by atoms with Gasteiger partial charge in [0.2, 0.25) is 5.91 Å². The number of amides is 1. The van der Waals surface area contributed by atoms with Crippen LogP contribution in [0.2, 0.25) is 5.02 Å². The van der Waals surface area contributed by atoms with Gasteiger partial charge in [0.1, 0.15) is 0 Å². The Kier molecular flexibility index (Phi) is 6.91. The Bertz CT molecular complexity index is 772. The van der Waals surface area contributed by atoms with Crippen LogP contribution in [0, 0.1) is 13.8 Å². The van der Waals surface area contributed by atoms with Crippen LogP contribution >= 0.6 is 23.4 Å². The molecule has 0 aromatic heterocycles. The van der Waals surface area contributed by atoms with Gasteiger partial charge in [-0.3, -0.25) is 4.79 Å². The molecule has 0 fully saturated rings. The van der Waals surface area contributed by atoms with Gasteiger partial charge < -0.3 is 10.1 Å². The second kappa shape index (κ2) is 8.92. The first kappa shape index (κ1) is 19.3. The van der Waals surface area contributed by atoms with Gasteiger partial charge in [-0.05, 0) is 37.6 Å². The molecule has 0 saturated carbocycles. The summed E-state index contributed by atoms with van der Waals surface area (Å²) in [7, 11) is 1.30. The van der Waals surface area contributed by atoms with Crippen LogP contribution in [0.4, 0.5) is 5.69 Å². The Balaban J connectivity index is 1.93. The molecule has 0 spiro atoms. The zero-order chi connectivity index (χ0) is 18.4. The number of methoxy groups -OCH3 is 1. The van der Waals surface area contributed by atoms with Gasteiger partial charge in [-0.25, -0.2) is 4.79 Å². The maximum atomic E-state index is 12.1. The first-order valence-electron chi connectivity index (χ1n) is 7.71. The highest BCUT2D eigenvalue weighted by Crippen LogP contribution is 2.24. The van der Waals surface area contributed by atoms with Crippen LogP contribution in [-0.2, 0) is 15.3 Å². The van der Waals surface area contributed by atoms with Crippen LogP contribution in [0.15, 0.2) is 36.4 Å². The lowest BCUT2D eigenvalue weighted by molar-refractivity contribution is -0.113. The van der Waals surface area contributed by atoms with E-state index in [0.29, 0.717) is 22.0 Å². The Morgan fingerprint density at radius 2 is 1.80 bits per heavy atom. The molecule has 132 valence electrons. The molecule has 0 aliphatic carbocycles. The highest BCUT2D eigenvalue weighted by atomic mass is 35.5. The second-order valence-corrected chi connectivity index (χ2v) is 7.12.